The largest absolute Gasteiger partial charge is 0.355 e. The molecule has 5 nitrogen and oxygen atoms in total. The van der Waals surface area contributed by atoms with Gasteiger partial charge in [-0.05, 0) is 44.4 Å². The number of hydrogen-bond donors (Lipinski definition) is 1. The summed E-state index contributed by atoms with van der Waals surface area (Å²) in [7, 11) is 0. The van der Waals surface area contributed by atoms with Gasteiger partial charge in [-0.3, -0.25) is 14.5 Å². The average molecular weight is 390 g/mol. The molecule has 146 valence electrons. The Kier molecular flexibility index (Phi) is 4.93. The molecule has 3 saturated heterocycles. The number of carbonyl (C=O) groups excluding carboxylic acids is 2. The topological polar surface area (TPSA) is 52.6 Å². The van der Waals surface area contributed by atoms with Gasteiger partial charge in [-0.25, -0.2) is 0 Å². The van der Waals surface area contributed by atoms with E-state index in [1.54, 1.807) is 0 Å². The van der Waals surface area contributed by atoms with Crippen molar-refractivity contribution in [3.8, 4) is 0 Å². The van der Waals surface area contributed by atoms with Crippen molar-refractivity contribution in [1.82, 2.24) is 15.1 Å². The van der Waals surface area contributed by atoms with Crippen molar-refractivity contribution in [2.24, 2.45) is 11.3 Å². The van der Waals surface area contributed by atoms with Gasteiger partial charge in [0.1, 0.15) is 0 Å². The summed E-state index contributed by atoms with van der Waals surface area (Å²) in [5.74, 6) is -0.0327. The highest BCUT2D eigenvalue weighted by Gasteiger charge is 2.55. The third-order valence-corrected chi connectivity index (χ3v) is 6.91. The van der Waals surface area contributed by atoms with E-state index >= 15 is 0 Å². The molecule has 1 aromatic rings. The lowest BCUT2D eigenvalue weighted by atomic mass is 9.62. The molecule has 6 heteroatoms. The van der Waals surface area contributed by atoms with E-state index in [2.05, 4.69) is 36.2 Å². The summed E-state index contributed by atoms with van der Waals surface area (Å²) in [5.41, 5.74) is 1.56. The first kappa shape index (κ1) is 18.8. The van der Waals surface area contributed by atoms with E-state index in [1.165, 1.54) is 5.56 Å². The summed E-state index contributed by atoms with van der Waals surface area (Å²) in [5, 5.41) is 3.54. The van der Waals surface area contributed by atoms with E-state index < -0.39 is 0 Å². The number of hydrogen-bond acceptors (Lipinski definition) is 3. The molecule has 0 radical (unpaired) electrons. The number of piperidine rings is 1. The molecule has 3 aliphatic heterocycles. The van der Waals surface area contributed by atoms with E-state index in [4.69, 9.17) is 11.6 Å². The van der Waals surface area contributed by atoms with E-state index in [-0.39, 0.29) is 23.1 Å². The van der Waals surface area contributed by atoms with Crippen LogP contribution >= 0.6 is 11.6 Å². The Morgan fingerprint density at radius 3 is 2.44 bits per heavy atom. The Morgan fingerprint density at radius 1 is 1.22 bits per heavy atom. The van der Waals surface area contributed by atoms with Gasteiger partial charge < -0.3 is 10.2 Å². The Balaban J connectivity index is 1.46. The lowest BCUT2D eigenvalue weighted by molar-refractivity contribution is -0.150. The molecule has 2 amide bonds. The van der Waals surface area contributed by atoms with Crippen LogP contribution < -0.4 is 5.32 Å². The van der Waals surface area contributed by atoms with Gasteiger partial charge >= 0.3 is 0 Å². The molecule has 4 rings (SSSR count). The van der Waals surface area contributed by atoms with Crippen LogP contribution in [-0.4, -0.2) is 53.8 Å². The average Bonchev–Trinajstić information content (AvgIpc) is 3.07. The van der Waals surface area contributed by atoms with Gasteiger partial charge in [-0.1, -0.05) is 23.7 Å². The maximum atomic E-state index is 12.7. The fraction of sp³-hybridized carbons (Fsp3) is 0.619. The van der Waals surface area contributed by atoms with Crippen LogP contribution in [0.4, 0.5) is 0 Å². The second-order valence-electron chi connectivity index (χ2n) is 8.61. The highest BCUT2D eigenvalue weighted by Crippen LogP contribution is 2.55. The molecular formula is C21H28ClN3O2. The number of halogens is 1. The molecule has 3 fully saturated rings. The second kappa shape index (κ2) is 7.10. The number of amides is 2. The standard InChI is InChI=1S/C21H28ClN3O2/c1-14(2)25-13-21(19(25)15-3-5-17(22)6-4-15)7-9-24(10-8-21)20(27)16-11-18(26)23-12-16/h3-6,14,16,19H,7-13H2,1-2H3,(H,23,26). The van der Waals surface area contributed by atoms with E-state index in [0.717, 1.165) is 37.5 Å². The summed E-state index contributed by atoms with van der Waals surface area (Å²) in [6, 6.07) is 9.13. The van der Waals surface area contributed by atoms with Gasteiger partial charge in [0.15, 0.2) is 0 Å². The maximum absolute atomic E-state index is 12.7. The van der Waals surface area contributed by atoms with Gasteiger partial charge in [-0.15, -0.1) is 0 Å². The minimum absolute atomic E-state index is 0.00352. The molecule has 1 N–H and O–H groups in total. The zero-order chi connectivity index (χ0) is 19.2. The molecule has 1 spiro atoms. The van der Waals surface area contributed by atoms with Crippen molar-refractivity contribution >= 4 is 23.4 Å². The van der Waals surface area contributed by atoms with Crippen LogP contribution in [0.5, 0.6) is 0 Å². The fourth-order valence-electron chi connectivity index (χ4n) is 5.09. The number of nitrogens with zero attached hydrogens (tertiary/aromatic N) is 2. The van der Waals surface area contributed by atoms with Crippen LogP contribution in [0.25, 0.3) is 0 Å². The molecule has 0 bridgehead atoms. The molecule has 3 aliphatic rings. The van der Waals surface area contributed by atoms with Crippen LogP contribution in [-0.2, 0) is 9.59 Å². The zero-order valence-corrected chi connectivity index (χ0v) is 16.8. The first-order valence-corrected chi connectivity index (χ1v) is 10.3. The number of likely N-dealkylation sites (tertiary alicyclic amines) is 2. The van der Waals surface area contributed by atoms with E-state index in [0.29, 0.717) is 25.0 Å². The van der Waals surface area contributed by atoms with E-state index in [1.807, 2.05) is 17.0 Å². The Bertz CT molecular complexity index is 725. The first-order valence-electron chi connectivity index (χ1n) is 9.96. The fourth-order valence-corrected chi connectivity index (χ4v) is 5.22. The van der Waals surface area contributed by atoms with Crippen molar-refractivity contribution in [2.45, 2.75) is 45.2 Å². The SMILES string of the molecule is CC(C)N1CC2(CCN(C(=O)C3CNC(=O)C3)CC2)C1c1ccc(Cl)cc1. The third kappa shape index (κ3) is 3.36. The molecule has 0 aliphatic carbocycles. The molecule has 2 atom stereocenters. The third-order valence-electron chi connectivity index (χ3n) is 6.66. The summed E-state index contributed by atoms with van der Waals surface area (Å²) < 4.78 is 0. The summed E-state index contributed by atoms with van der Waals surface area (Å²) in [6.07, 6.45) is 2.38. The summed E-state index contributed by atoms with van der Waals surface area (Å²) in [4.78, 5) is 28.7. The van der Waals surface area contributed by atoms with Gasteiger partial charge in [0.2, 0.25) is 11.8 Å². The normalized spacial score (nSPS) is 27.7. The highest BCUT2D eigenvalue weighted by atomic mass is 35.5. The molecular weight excluding hydrogens is 362 g/mol. The molecule has 0 saturated carbocycles. The number of nitrogens with one attached hydrogen (secondary N) is 1. The Morgan fingerprint density at radius 2 is 1.89 bits per heavy atom. The number of carbonyl (C=O) groups is 2. The quantitative estimate of drug-likeness (QED) is 0.864. The van der Waals surface area contributed by atoms with Crippen molar-refractivity contribution in [3.63, 3.8) is 0 Å². The minimum atomic E-state index is -0.174. The summed E-state index contributed by atoms with van der Waals surface area (Å²) in [6.45, 7) is 7.66. The molecule has 27 heavy (non-hydrogen) atoms. The number of benzene rings is 1. The zero-order valence-electron chi connectivity index (χ0n) is 16.1. The Hall–Kier alpha value is -1.59. The molecule has 2 unspecified atom stereocenters. The van der Waals surface area contributed by atoms with Gasteiger partial charge in [0.05, 0.1) is 5.92 Å². The second-order valence-corrected chi connectivity index (χ2v) is 9.05. The highest BCUT2D eigenvalue weighted by molar-refractivity contribution is 6.30. The summed E-state index contributed by atoms with van der Waals surface area (Å²) >= 11 is 6.09. The van der Waals surface area contributed by atoms with Gasteiger partial charge in [0.25, 0.3) is 0 Å². The van der Waals surface area contributed by atoms with Gasteiger partial charge in [0, 0.05) is 55.1 Å². The van der Waals surface area contributed by atoms with Crippen molar-refractivity contribution in [1.29, 1.82) is 0 Å². The Labute approximate surface area is 166 Å². The van der Waals surface area contributed by atoms with Crippen molar-refractivity contribution < 1.29 is 9.59 Å². The smallest absolute Gasteiger partial charge is 0.227 e. The van der Waals surface area contributed by atoms with Crippen LogP contribution in [0.15, 0.2) is 24.3 Å². The first-order chi connectivity index (χ1) is 12.9. The van der Waals surface area contributed by atoms with Crippen LogP contribution in [0.1, 0.15) is 44.7 Å². The molecule has 3 heterocycles. The lowest BCUT2D eigenvalue weighted by Gasteiger charge is -2.62. The predicted molar refractivity (Wildman–Crippen MR) is 105 cm³/mol. The minimum Gasteiger partial charge on any atom is -0.355 e. The van der Waals surface area contributed by atoms with Crippen LogP contribution in [0.3, 0.4) is 0 Å². The lowest BCUT2D eigenvalue weighted by Crippen LogP contribution is -2.64. The van der Waals surface area contributed by atoms with Crippen LogP contribution in [0.2, 0.25) is 5.02 Å². The maximum Gasteiger partial charge on any atom is 0.227 e. The molecule has 0 aromatic heterocycles. The van der Waals surface area contributed by atoms with Crippen molar-refractivity contribution in [3.05, 3.63) is 34.9 Å². The monoisotopic (exact) mass is 389 g/mol. The van der Waals surface area contributed by atoms with Crippen LogP contribution in [0, 0.1) is 11.3 Å². The van der Waals surface area contributed by atoms with Crippen molar-refractivity contribution in [2.75, 3.05) is 26.2 Å². The van der Waals surface area contributed by atoms with Gasteiger partial charge in [-0.2, -0.15) is 0 Å². The van der Waals surface area contributed by atoms with E-state index in [9.17, 15) is 9.59 Å². The number of rotatable bonds is 3. The predicted octanol–water partition coefficient (Wildman–Crippen LogP) is 2.85. The molecule has 1 aromatic carbocycles.